The summed E-state index contributed by atoms with van der Waals surface area (Å²) in [6.45, 7) is 0. The molecule has 2 heterocycles. The largest absolute Gasteiger partial charge is 0.451 e. The average molecular weight is 238 g/mol. The molecule has 88 valence electrons. The van der Waals surface area contributed by atoms with E-state index in [1.807, 2.05) is 42.5 Å². The second-order valence-electron chi connectivity index (χ2n) is 4.50. The smallest absolute Gasteiger partial charge is 0.307 e. The van der Waals surface area contributed by atoms with Gasteiger partial charge in [0.2, 0.25) is 5.78 Å². The van der Waals surface area contributed by atoms with Crippen molar-refractivity contribution in [2.24, 2.45) is 0 Å². The van der Waals surface area contributed by atoms with Gasteiger partial charge in [0.15, 0.2) is 6.10 Å². The van der Waals surface area contributed by atoms with E-state index >= 15 is 0 Å². The lowest BCUT2D eigenvalue weighted by atomic mass is 10.0. The Morgan fingerprint density at radius 1 is 0.944 bits per heavy atom. The lowest BCUT2D eigenvalue weighted by Gasteiger charge is -2.03. The van der Waals surface area contributed by atoms with Crippen LogP contribution in [-0.2, 0) is 4.74 Å². The van der Waals surface area contributed by atoms with Crippen molar-refractivity contribution in [2.75, 3.05) is 0 Å². The van der Waals surface area contributed by atoms with E-state index in [0.717, 1.165) is 5.56 Å². The summed E-state index contributed by atoms with van der Waals surface area (Å²) in [5.41, 5.74) is 1.58. The summed E-state index contributed by atoms with van der Waals surface area (Å²) in [6.07, 6.45) is -0.293. The van der Waals surface area contributed by atoms with Crippen LogP contribution in [0.2, 0.25) is 0 Å². The minimum absolute atomic E-state index is 0.0769. The molecule has 2 aromatic carbocycles. The van der Waals surface area contributed by atoms with Gasteiger partial charge in [-0.15, -0.1) is 0 Å². The highest BCUT2D eigenvalue weighted by Crippen LogP contribution is 2.56. The van der Waals surface area contributed by atoms with E-state index in [0.29, 0.717) is 11.3 Å². The third-order valence-electron chi connectivity index (χ3n) is 3.39. The molecule has 0 radical (unpaired) electrons. The minimum atomic E-state index is -1.11. The number of ether oxygens (including phenoxy) is 2. The number of hydrogen-bond donors (Lipinski definition) is 0. The van der Waals surface area contributed by atoms with Crippen LogP contribution in [0.5, 0.6) is 5.75 Å². The van der Waals surface area contributed by atoms with E-state index in [2.05, 4.69) is 0 Å². The molecule has 1 saturated heterocycles. The van der Waals surface area contributed by atoms with E-state index in [1.54, 1.807) is 12.1 Å². The van der Waals surface area contributed by atoms with Gasteiger partial charge in [-0.05, 0) is 17.7 Å². The molecule has 0 aromatic heterocycles. The molecule has 2 aliphatic rings. The van der Waals surface area contributed by atoms with Crippen LogP contribution in [0.1, 0.15) is 22.0 Å². The fourth-order valence-electron chi connectivity index (χ4n) is 2.45. The summed E-state index contributed by atoms with van der Waals surface area (Å²) in [7, 11) is 0. The van der Waals surface area contributed by atoms with Gasteiger partial charge >= 0.3 is 5.79 Å². The van der Waals surface area contributed by atoms with Gasteiger partial charge in [-0.2, -0.15) is 0 Å². The third-order valence-corrected chi connectivity index (χ3v) is 3.39. The van der Waals surface area contributed by atoms with Crippen molar-refractivity contribution in [2.45, 2.75) is 11.9 Å². The van der Waals surface area contributed by atoms with Gasteiger partial charge in [0.25, 0.3) is 0 Å². The van der Waals surface area contributed by atoms with E-state index in [-0.39, 0.29) is 11.9 Å². The SMILES string of the molecule is O=C1c2ccccc2O[C@]12O[C@H]2c1ccccc1. The number of benzene rings is 2. The average Bonchev–Trinajstić information content (AvgIpc) is 3.08. The highest BCUT2D eigenvalue weighted by atomic mass is 16.8. The lowest BCUT2D eigenvalue weighted by Crippen LogP contribution is -2.25. The maximum Gasteiger partial charge on any atom is 0.307 e. The first-order chi connectivity index (χ1) is 8.81. The Morgan fingerprint density at radius 2 is 1.67 bits per heavy atom. The Labute approximate surface area is 104 Å². The standard InChI is InChI=1S/C15H10O3/c16-13-11-8-4-5-9-12(11)17-15(13)14(18-15)10-6-2-1-3-7-10/h1-9,14H/t14-,15-/m0/s1. The summed E-state index contributed by atoms with van der Waals surface area (Å²) in [4.78, 5) is 12.3. The molecule has 2 aromatic rings. The van der Waals surface area contributed by atoms with Crippen LogP contribution < -0.4 is 4.74 Å². The number of epoxide rings is 1. The molecule has 1 spiro atoms. The molecule has 3 heteroatoms. The zero-order valence-electron chi connectivity index (χ0n) is 9.50. The van der Waals surface area contributed by atoms with Crippen molar-refractivity contribution in [1.29, 1.82) is 0 Å². The number of hydrogen-bond acceptors (Lipinski definition) is 3. The van der Waals surface area contributed by atoms with Crippen LogP contribution in [-0.4, -0.2) is 11.6 Å². The van der Waals surface area contributed by atoms with E-state index in [4.69, 9.17) is 9.47 Å². The van der Waals surface area contributed by atoms with Gasteiger partial charge in [-0.1, -0.05) is 42.5 Å². The van der Waals surface area contributed by atoms with Crippen LogP contribution in [0, 0.1) is 0 Å². The molecule has 2 atom stereocenters. The predicted octanol–water partition coefficient (Wildman–Crippen LogP) is 2.73. The Hall–Kier alpha value is -2.13. The van der Waals surface area contributed by atoms with Crippen LogP contribution in [0.25, 0.3) is 0 Å². The first-order valence-corrected chi connectivity index (χ1v) is 5.87. The molecule has 0 saturated carbocycles. The number of rotatable bonds is 1. The summed E-state index contributed by atoms with van der Waals surface area (Å²) in [6, 6.07) is 16.9. The first kappa shape index (κ1) is 9.85. The van der Waals surface area contributed by atoms with Gasteiger partial charge in [-0.3, -0.25) is 4.79 Å². The van der Waals surface area contributed by atoms with Gasteiger partial charge in [-0.25, -0.2) is 0 Å². The fourth-order valence-corrected chi connectivity index (χ4v) is 2.45. The molecule has 2 aliphatic heterocycles. The third kappa shape index (κ3) is 1.14. The minimum Gasteiger partial charge on any atom is -0.451 e. The molecule has 0 N–H and O–H groups in total. The number of Topliss-reactive ketones (excluding diaryl/α,β-unsaturated/α-hetero) is 1. The van der Waals surface area contributed by atoms with Gasteiger partial charge in [0, 0.05) is 0 Å². The molecule has 0 amide bonds. The maximum atomic E-state index is 12.3. The molecule has 3 nitrogen and oxygen atoms in total. The van der Waals surface area contributed by atoms with Crippen LogP contribution in [0.4, 0.5) is 0 Å². The normalized spacial score (nSPS) is 28.0. The molecule has 0 aliphatic carbocycles. The summed E-state index contributed by atoms with van der Waals surface area (Å²) < 4.78 is 11.3. The number of carbonyl (C=O) groups is 1. The fraction of sp³-hybridized carbons (Fsp3) is 0.133. The molecule has 0 unspecified atom stereocenters. The number of ketones is 1. The van der Waals surface area contributed by atoms with E-state index in [9.17, 15) is 4.79 Å². The zero-order chi connectivity index (χ0) is 12.2. The number of carbonyl (C=O) groups excluding carboxylic acids is 1. The van der Waals surface area contributed by atoms with Crippen molar-refractivity contribution in [1.82, 2.24) is 0 Å². The van der Waals surface area contributed by atoms with Crippen molar-refractivity contribution in [3.63, 3.8) is 0 Å². The second-order valence-corrected chi connectivity index (χ2v) is 4.50. The zero-order valence-corrected chi connectivity index (χ0v) is 9.50. The van der Waals surface area contributed by atoms with Gasteiger partial charge in [0.1, 0.15) is 5.75 Å². The monoisotopic (exact) mass is 238 g/mol. The Balaban J connectivity index is 1.73. The topological polar surface area (TPSA) is 38.8 Å². The molecule has 1 fully saturated rings. The van der Waals surface area contributed by atoms with Gasteiger partial charge < -0.3 is 9.47 Å². The Morgan fingerprint density at radius 3 is 2.44 bits per heavy atom. The van der Waals surface area contributed by atoms with Crippen LogP contribution >= 0.6 is 0 Å². The summed E-state index contributed by atoms with van der Waals surface area (Å²) in [5.74, 6) is -0.571. The van der Waals surface area contributed by atoms with Gasteiger partial charge in [0.05, 0.1) is 5.56 Å². The summed E-state index contributed by atoms with van der Waals surface area (Å²) in [5, 5.41) is 0. The molecule has 0 bridgehead atoms. The van der Waals surface area contributed by atoms with E-state index < -0.39 is 5.79 Å². The van der Waals surface area contributed by atoms with Crippen molar-refractivity contribution in [3.05, 3.63) is 65.7 Å². The molecule has 4 rings (SSSR count). The van der Waals surface area contributed by atoms with Crippen molar-refractivity contribution in [3.8, 4) is 5.75 Å². The Bertz CT molecular complexity index is 635. The molecular weight excluding hydrogens is 228 g/mol. The summed E-state index contributed by atoms with van der Waals surface area (Å²) >= 11 is 0. The molecular formula is C15H10O3. The number of fused-ring (bicyclic) bond motifs is 1. The van der Waals surface area contributed by atoms with Crippen molar-refractivity contribution < 1.29 is 14.3 Å². The molecule has 18 heavy (non-hydrogen) atoms. The second kappa shape index (κ2) is 3.21. The lowest BCUT2D eigenvalue weighted by molar-refractivity contribution is 0.0538. The highest BCUT2D eigenvalue weighted by molar-refractivity contribution is 6.08. The predicted molar refractivity (Wildman–Crippen MR) is 64.4 cm³/mol. The highest BCUT2D eigenvalue weighted by Gasteiger charge is 2.69. The Kier molecular flexibility index (Phi) is 1.76. The quantitative estimate of drug-likeness (QED) is 0.717. The maximum absolute atomic E-state index is 12.3. The van der Waals surface area contributed by atoms with E-state index in [1.165, 1.54) is 0 Å². The van der Waals surface area contributed by atoms with Crippen molar-refractivity contribution >= 4 is 5.78 Å². The van der Waals surface area contributed by atoms with Crippen LogP contribution in [0.3, 0.4) is 0 Å². The van der Waals surface area contributed by atoms with Crippen LogP contribution in [0.15, 0.2) is 54.6 Å². The number of para-hydroxylation sites is 1. The first-order valence-electron chi connectivity index (χ1n) is 5.87.